The van der Waals surface area contributed by atoms with Gasteiger partial charge in [-0.05, 0) is 18.4 Å². The highest BCUT2D eigenvalue weighted by molar-refractivity contribution is 5.75. The number of hydrogen-bond donors (Lipinski definition) is 2. The largest absolute Gasteiger partial charge is 0.352 e. The van der Waals surface area contributed by atoms with Crippen molar-refractivity contribution in [2.45, 2.75) is 25.8 Å². The van der Waals surface area contributed by atoms with Gasteiger partial charge >= 0.3 is 0 Å². The summed E-state index contributed by atoms with van der Waals surface area (Å²) in [6.45, 7) is 1.19. The van der Waals surface area contributed by atoms with E-state index in [1.54, 1.807) is 7.05 Å². The van der Waals surface area contributed by atoms with Crippen molar-refractivity contribution < 1.29 is 10.0 Å². The Hall–Kier alpha value is -1.39. The van der Waals surface area contributed by atoms with Gasteiger partial charge in [0.05, 0.1) is 0 Å². The third-order valence-corrected chi connectivity index (χ3v) is 2.47. The van der Waals surface area contributed by atoms with E-state index in [0.29, 0.717) is 19.5 Å². The number of rotatable bonds is 7. The van der Waals surface area contributed by atoms with E-state index in [0.717, 1.165) is 23.5 Å². The number of amides is 1. The molecule has 1 aromatic rings. The van der Waals surface area contributed by atoms with Gasteiger partial charge in [0.15, 0.2) is 0 Å². The summed E-state index contributed by atoms with van der Waals surface area (Å²) >= 11 is 0. The molecule has 4 heteroatoms. The average Bonchev–Trinajstić information content (AvgIpc) is 2.33. The molecule has 0 bridgehead atoms. The van der Waals surface area contributed by atoms with Crippen molar-refractivity contribution in [2.75, 3.05) is 13.6 Å². The van der Waals surface area contributed by atoms with Crippen LogP contribution in [0.1, 0.15) is 24.8 Å². The zero-order chi connectivity index (χ0) is 12.5. The lowest BCUT2D eigenvalue weighted by atomic mass is 10.2. The summed E-state index contributed by atoms with van der Waals surface area (Å²) in [5, 5.41) is 12.9. The van der Waals surface area contributed by atoms with Crippen molar-refractivity contribution in [3.63, 3.8) is 0 Å². The van der Waals surface area contributed by atoms with Crippen molar-refractivity contribution in [1.82, 2.24) is 10.4 Å². The Kier molecular flexibility index (Phi) is 6.29. The van der Waals surface area contributed by atoms with E-state index in [1.165, 1.54) is 0 Å². The summed E-state index contributed by atoms with van der Waals surface area (Å²) in [4.78, 5) is 11.5. The van der Waals surface area contributed by atoms with Crippen molar-refractivity contribution in [2.24, 2.45) is 0 Å². The maximum absolute atomic E-state index is 11.5. The summed E-state index contributed by atoms with van der Waals surface area (Å²) in [7, 11) is 1.61. The highest BCUT2D eigenvalue weighted by Crippen LogP contribution is 1.99. The molecule has 0 heterocycles. The predicted molar refractivity (Wildman–Crippen MR) is 66.6 cm³/mol. The molecule has 0 saturated carbocycles. The number of hydroxylamine groups is 2. The second kappa shape index (κ2) is 7.81. The lowest BCUT2D eigenvalue weighted by Crippen LogP contribution is -2.22. The van der Waals surface area contributed by atoms with Crippen LogP contribution in [0.2, 0.25) is 0 Å². The third-order valence-electron chi connectivity index (χ3n) is 2.47. The SMILES string of the molecule is CN(O)CCCCC(=O)NCc1ccccc1. The van der Waals surface area contributed by atoms with Crippen molar-refractivity contribution >= 4 is 5.91 Å². The summed E-state index contributed by atoms with van der Waals surface area (Å²) in [6, 6.07) is 9.84. The summed E-state index contributed by atoms with van der Waals surface area (Å²) in [5.74, 6) is 0.0643. The lowest BCUT2D eigenvalue weighted by molar-refractivity contribution is -0.121. The molecule has 0 fully saturated rings. The molecule has 0 spiro atoms. The van der Waals surface area contributed by atoms with E-state index >= 15 is 0 Å². The highest BCUT2D eigenvalue weighted by Gasteiger charge is 2.01. The predicted octanol–water partition coefficient (Wildman–Crippen LogP) is 1.79. The molecule has 0 aliphatic heterocycles. The highest BCUT2D eigenvalue weighted by atomic mass is 16.5. The fraction of sp³-hybridized carbons (Fsp3) is 0.462. The molecule has 0 aliphatic rings. The van der Waals surface area contributed by atoms with Crippen LogP contribution in [0.4, 0.5) is 0 Å². The number of nitrogens with zero attached hydrogens (tertiary/aromatic N) is 1. The zero-order valence-corrected chi connectivity index (χ0v) is 10.2. The van der Waals surface area contributed by atoms with Crippen LogP contribution in [-0.4, -0.2) is 29.8 Å². The standard InChI is InChI=1S/C13H20N2O2/c1-15(17)10-6-5-9-13(16)14-11-12-7-3-2-4-8-12/h2-4,7-8,17H,5-6,9-11H2,1H3,(H,14,16). The minimum Gasteiger partial charge on any atom is -0.352 e. The van der Waals surface area contributed by atoms with E-state index in [2.05, 4.69) is 5.32 Å². The first-order valence-electron chi connectivity index (χ1n) is 5.89. The number of carbonyl (C=O) groups is 1. The van der Waals surface area contributed by atoms with Gasteiger partial charge in [-0.2, -0.15) is 5.06 Å². The topological polar surface area (TPSA) is 52.6 Å². The molecule has 0 saturated heterocycles. The Labute approximate surface area is 102 Å². The van der Waals surface area contributed by atoms with Crippen LogP contribution in [0, 0.1) is 0 Å². The summed E-state index contributed by atoms with van der Waals surface area (Å²) in [6.07, 6.45) is 2.14. The van der Waals surface area contributed by atoms with Crippen molar-refractivity contribution in [1.29, 1.82) is 0 Å². The van der Waals surface area contributed by atoms with Crippen LogP contribution in [-0.2, 0) is 11.3 Å². The third kappa shape index (κ3) is 6.71. The van der Waals surface area contributed by atoms with Gasteiger partial charge in [0.2, 0.25) is 5.91 Å². The van der Waals surface area contributed by atoms with Gasteiger partial charge in [-0.1, -0.05) is 30.3 Å². The van der Waals surface area contributed by atoms with Crippen LogP contribution in [0.15, 0.2) is 30.3 Å². The molecule has 94 valence electrons. The van der Waals surface area contributed by atoms with Crippen molar-refractivity contribution in [3.05, 3.63) is 35.9 Å². The molecular formula is C13H20N2O2. The quantitative estimate of drug-likeness (QED) is 0.560. The molecule has 0 atom stereocenters. The van der Waals surface area contributed by atoms with E-state index in [9.17, 15) is 4.79 Å². The molecule has 0 aliphatic carbocycles. The van der Waals surface area contributed by atoms with Crippen LogP contribution in [0.3, 0.4) is 0 Å². The van der Waals surface area contributed by atoms with E-state index in [-0.39, 0.29) is 5.91 Å². The molecule has 0 aromatic heterocycles. The van der Waals surface area contributed by atoms with Crippen LogP contribution < -0.4 is 5.32 Å². The summed E-state index contributed by atoms with van der Waals surface area (Å²) in [5.41, 5.74) is 1.11. The number of hydrogen-bond acceptors (Lipinski definition) is 3. The van der Waals surface area contributed by atoms with Gasteiger partial charge in [0.25, 0.3) is 0 Å². The number of unbranched alkanes of at least 4 members (excludes halogenated alkanes) is 1. The van der Waals surface area contributed by atoms with Gasteiger partial charge in [-0.25, -0.2) is 0 Å². The van der Waals surface area contributed by atoms with Gasteiger partial charge < -0.3 is 10.5 Å². The molecule has 4 nitrogen and oxygen atoms in total. The van der Waals surface area contributed by atoms with Crippen LogP contribution in [0.5, 0.6) is 0 Å². The molecule has 0 unspecified atom stereocenters. The van der Waals surface area contributed by atoms with Crippen LogP contribution >= 0.6 is 0 Å². The molecule has 1 aromatic carbocycles. The second-order valence-corrected chi connectivity index (χ2v) is 4.10. The number of nitrogens with one attached hydrogen (secondary N) is 1. The van der Waals surface area contributed by atoms with Gasteiger partial charge in [0.1, 0.15) is 0 Å². The average molecular weight is 236 g/mol. The minimum absolute atomic E-state index is 0.0643. The minimum atomic E-state index is 0.0643. The van der Waals surface area contributed by atoms with Gasteiger partial charge in [-0.3, -0.25) is 4.79 Å². The lowest BCUT2D eigenvalue weighted by Gasteiger charge is -2.07. The first kappa shape index (κ1) is 13.7. The molecule has 2 N–H and O–H groups in total. The molecular weight excluding hydrogens is 216 g/mol. The Bertz CT molecular complexity index is 325. The summed E-state index contributed by atoms with van der Waals surface area (Å²) < 4.78 is 0. The van der Waals surface area contributed by atoms with E-state index < -0.39 is 0 Å². The Morgan fingerprint density at radius 1 is 1.29 bits per heavy atom. The van der Waals surface area contributed by atoms with E-state index in [4.69, 9.17) is 5.21 Å². The molecule has 0 radical (unpaired) electrons. The van der Waals surface area contributed by atoms with Gasteiger partial charge in [-0.15, -0.1) is 0 Å². The van der Waals surface area contributed by atoms with E-state index in [1.807, 2.05) is 30.3 Å². The van der Waals surface area contributed by atoms with Crippen LogP contribution in [0.25, 0.3) is 0 Å². The fourth-order valence-corrected chi connectivity index (χ4v) is 1.51. The first-order valence-corrected chi connectivity index (χ1v) is 5.89. The fourth-order valence-electron chi connectivity index (χ4n) is 1.51. The van der Waals surface area contributed by atoms with Gasteiger partial charge in [0, 0.05) is 26.6 Å². The molecule has 1 amide bonds. The maximum Gasteiger partial charge on any atom is 0.220 e. The number of carbonyl (C=O) groups excluding carboxylic acids is 1. The zero-order valence-electron chi connectivity index (χ0n) is 10.2. The first-order chi connectivity index (χ1) is 8.18. The molecule has 17 heavy (non-hydrogen) atoms. The monoisotopic (exact) mass is 236 g/mol. The smallest absolute Gasteiger partial charge is 0.220 e. The Morgan fingerprint density at radius 2 is 2.00 bits per heavy atom. The molecule has 1 rings (SSSR count). The second-order valence-electron chi connectivity index (χ2n) is 4.10. The Morgan fingerprint density at radius 3 is 2.65 bits per heavy atom. The maximum atomic E-state index is 11.5. The normalized spacial score (nSPS) is 10.5. The van der Waals surface area contributed by atoms with Crippen molar-refractivity contribution in [3.8, 4) is 0 Å². The number of benzene rings is 1. The Balaban J connectivity index is 2.09.